The van der Waals surface area contributed by atoms with Gasteiger partial charge in [-0.15, -0.1) is 0 Å². The topological polar surface area (TPSA) is 68.2 Å². The molecule has 0 aromatic heterocycles. The minimum Gasteiger partial charge on any atom is -0.324 e. The second kappa shape index (κ2) is 8.58. The van der Waals surface area contributed by atoms with Crippen LogP contribution in [-0.2, 0) is 50.2 Å². The normalized spacial score (nSPS) is 16.4. The highest BCUT2D eigenvalue weighted by atomic mass is 32.5. The standard InChI is InChI=1S/C14H16O5P2S2/c15-20(22,17-11-13-7-3-1-4-8-13)19-21(16,23)18-12-14-9-5-2-6-10-14/h1-10H,11-12H2,(H,15,22)(H,16,23). The molecule has 2 aromatic rings. The third-order valence-corrected chi connectivity index (χ3v) is 7.07. The molecule has 2 unspecified atom stereocenters. The van der Waals surface area contributed by atoms with Gasteiger partial charge in [0, 0.05) is 0 Å². The highest BCUT2D eigenvalue weighted by Crippen LogP contribution is 2.61. The van der Waals surface area contributed by atoms with Crippen molar-refractivity contribution in [3.8, 4) is 0 Å². The van der Waals surface area contributed by atoms with Crippen LogP contribution >= 0.6 is 13.4 Å². The van der Waals surface area contributed by atoms with Gasteiger partial charge < -0.3 is 18.8 Å². The number of hydrogen-bond donors (Lipinski definition) is 2. The number of rotatable bonds is 8. The second-order valence-corrected chi connectivity index (χ2v) is 10.3. The van der Waals surface area contributed by atoms with Crippen LogP contribution in [0.3, 0.4) is 0 Å². The molecule has 2 N–H and O–H groups in total. The molecule has 0 fully saturated rings. The lowest BCUT2D eigenvalue weighted by Gasteiger charge is -2.21. The Morgan fingerprint density at radius 1 is 0.696 bits per heavy atom. The zero-order valence-corrected chi connectivity index (χ0v) is 15.4. The van der Waals surface area contributed by atoms with Crippen LogP contribution in [-0.4, -0.2) is 9.79 Å². The summed E-state index contributed by atoms with van der Waals surface area (Å²) < 4.78 is 15.4. The molecule has 0 amide bonds. The maximum Gasteiger partial charge on any atom is 0.332 e. The van der Waals surface area contributed by atoms with Crippen LogP contribution in [0.2, 0.25) is 0 Å². The van der Waals surface area contributed by atoms with E-state index in [9.17, 15) is 9.79 Å². The summed E-state index contributed by atoms with van der Waals surface area (Å²) in [6.45, 7) is -7.28. The van der Waals surface area contributed by atoms with Crippen molar-refractivity contribution in [3.63, 3.8) is 0 Å². The minimum absolute atomic E-state index is 0.0582. The molecule has 2 aromatic carbocycles. The highest BCUT2D eigenvalue weighted by molar-refractivity contribution is 8.14. The lowest BCUT2D eigenvalue weighted by molar-refractivity contribution is 0.207. The van der Waals surface area contributed by atoms with E-state index in [1.807, 2.05) is 60.7 Å². The van der Waals surface area contributed by atoms with E-state index in [1.54, 1.807) is 0 Å². The van der Waals surface area contributed by atoms with E-state index < -0.39 is 13.4 Å². The largest absolute Gasteiger partial charge is 0.332 e. The first-order valence-electron chi connectivity index (χ1n) is 6.60. The maximum atomic E-state index is 10.0. The Morgan fingerprint density at radius 2 is 1.04 bits per heavy atom. The molecule has 0 saturated heterocycles. The van der Waals surface area contributed by atoms with Crippen molar-refractivity contribution in [1.29, 1.82) is 0 Å². The van der Waals surface area contributed by atoms with Crippen LogP contribution in [0.15, 0.2) is 60.7 Å². The van der Waals surface area contributed by atoms with Crippen LogP contribution in [0.1, 0.15) is 11.1 Å². The van der Waals surface area contributed by atoms with Gasteiger partial charge in [-0.2, -0.15) is 0 Å². The van der Waals surface area contributed by atoms with Gasteiger partial charge in [-0.05, 0) is 34.7 Å². The molecule has 9 heteroatoms. The minimum atomic E-state index is -3.70. The van der Waals surface area contributed by atoms with Gasteiger partial charge in [0.05, 0.1) is 13.2 Å². The van der Waals surface area contributed by atoms with Crippen LogP contribution in [0.5, 0.6) is 0 Å². The Bertz CT molecular complexity index is 650. The van der Waals surface area contributed by atoms with E-state index in [0.717, 1.165) is 11.1 Å². The van der Waals surface area contributed by atoms with Crippen LogP contribution in [0.4, 0.5) is 0 Å². The molecule has 124 valence electrons. The molecule has 0 aliphatic heterocycles. The number of hydrogen-bond acceptors (Lipinski definition) is 5. The summed E-state index contributed by atoms with van der Waals surface area (Å²) in [6.07, 6.45) is 0. The fraction of sp³-hybridized carbons (Fsp3) is 0.143. The van der Waals surface area contributed by atoms with E-state index in [2.05, 4.69) is 0 Å². The van der Waals surface area contributed by atoms with Crippen molar-refractivity contribution in [2.24, 2.45) is 0 Å². The lowest BCUT2D eigenvalue weighted by Crippen LogP contribution is -1.98. The molecule has 2 rings (SSSR count). The smallest absolute Gasteiger partial charge is 0.324 e. The molecule has 0 bridgehead atoms. The first-order valence-corrected chi connectivity index (χ1v) is 11.8. The van der Waals surface area contributed by atoms with E-state index >= 15 is 0 Å². The molecular weight excluding hydrogens is 374 g/mol. The Labute approximate surface area is 145 Å². The van der Waals surface area contributed by atoms with Crippen molar-refractivity contribution in [2.75, 3.05) is 0 Å². The van der Waals surface area contributed by atoms with E-state index in [1.165, 1.54) is 0 Å². The highest BCUT2D eigenvalue weighted by Gasteiger charge is 2.27. The summed E-state index contributed by atoms with van der Waals surface area (Å²) in [5.74, 6) is 0. The van der Waals surface area contributed by atoms with E-state index in [-0.39, 0.29) is 13.2 Å². The molecule has 5 nitrogen and oxygen atoms in total. The zero-order chi connectivity index (χ0) is 16.8. The van der Waals surface area contributed by atoms with Gasteiger partial charge in [-0.1, -0.05) is 60.7 Å². The summed E-state index contributed by atoms with van der Waals surface area (Å²) in [4.78, 5) is 20.0. The monoisotopic (exact) mass is 390 g/mol. The van der Waals surface area contributed by atoms with Gasteiger partial charge in [-0.25, -0.2) is 4.31 Å². The Morgan fingerprint density at radius 3 is 1.39 bits per heavy atom. The quantitative estimate of drug-likeness (QED) is 0.663. The Balaban J connectivity index is 1.87. The maximum absolute atomic E-state index is 10.0. The molecule has 0 saturated carbocycles. The van der Waals surface area contributed by atoms with E-state index in [0.29, 0.717) is 0 Å². The van der Waals surface area contributed by atoms with Gasteiger partial charge in [-0.3, -0.25) is 0 Å². The molecular formula is C14H16O5P2S2. The third kappa shape index (κ3) is 7.31. The molecule has 0 radical (unpaired) electrons. The van der Waals surface area contributed by atoms with Crippen LogP contribution in [0.25, 0.3) is 0 Å². The fourth-order valence-electron chi connectivity index (χ4n) is 1.64. The predicted molar refractivity (Wildman–Crippen MR) is 96.6 cm³/mol. The van der Waals surface area contributed by atoms with Gasteiger partial charge in [0.25, 0.3) is 0 Å². The molecule has 0 heterocycles. The summed E-state index contributed by atoms with van der Waals surface area (Å²) in [6, 6.07) is 18.3. The first-order chi connectivity index (χ1) is 10.9. The fourth-order valence-corrected chi connectivity index (χ4v) is 6.01. The van der Waals surface area contributed by atoms with Crippen molar-refractivity contribution in [2.45, 2.75) is 13.2 Å². The summed E-state index contributed by atoms with van der Waals surface area (Å²) >= 11 is 9.73. The average Bonchev–Trinajstić information content (AvgIpc) is 2.52. The van der Waals surface area contributed by atoms with Crippen LogP contribution < -0.4 is 0 Å². The van der Waals surface area contributed by atoms with Crippen LogP contribution in [0, 0.1) is 0 Å². The van der Waals surface area contributed by atoms with E-state index in [4.69, 9.17) is 37.0 Å². The lowest BCUT2D eigenvalue weighted by atomic mass is 10.2. The molecule has 0 aliphatic carbocycles. The molecule has 0 aliphatic rings. The third-order valence-electron chi connectivity index (χ3n) is 2.68. The number of benzene rings is 2. The SMILES string of the molecule is OP(=S)(OCc1ccccc1)OP(O)(=S)OCc1ccccc1. The van der Waals surface area contributed by atoms with Gasteiger partial charge in [0.1, 0.15) is 0 Å². The van der Waals surface area contributed by atoms with Gasteiger partial charge in [0.15, 0.2) is 0 Å². The average molecular weight is 390 g/mol. The summed E-state index contributed by atoms with van der Waals surface area (Å²) in [5.41, 5.74) is 1.63. The van der Waals surface area contributed by atoms with Gasteiger partial charge in [0.2, 0.25) is 0 Å². The molecule has 0 spiro atoms. The molecule has 23 heavy (non-hydrogen) atoms. The van der Waals surface area contributed by atoms with Gasteiger partial charge >= 0.3 is 13.4 Å². The van der Waals surface area contributed by atoms with Crippen molar-refractivity contribution in [3.05, 3.63) is 71.8 Å². The molecule has 2 atom stereocenters. The predicted octanol–water partition coefficient (Wildman–Crippen LogP) is 3.87. The zero-order valence-electron chi connectivity index (χ0n) is 12.0. The van der Waals surface area contributed by atoms with Crippen molar-refractivity contribution >= 4 is 37.1 Å². The Kier molecular flexibility index (Phi) is 7.04. The second-order valence-electron chi connectivity index (χ2n) is 4.54. The van der Waals surface area contributed by atoms with Crippen molar-refractivity contribution in [1.82, 2.24) is 0 Å². The summed E-state index contributed by atoms with van der Waals surface area (Å²) in [7, 11) is 0. The first kappa shape index (κ1) is 18.9. The van der Waals surface area contributed by atoms with Crippen molar-refractivity contribution < 1.29 is 23.1 Å². The Hall–Kier alpha value is -0.460. The summed E-state index contributed by atoms with van der Waals surface area (Å²) in [5, 5.41) is 0.